The van der Waals surface area contributed by atoms with Gasteiger partial charge in [0, 0.05) is 6.42 Å². The van der Waals surface area contributed by atoms with Gasteiger partial charge in [-0.05, 0) is 12.3 Å². The third-order valence-electron chi connectivity index (χ3n) is 4.01. The van der Waals surface area contributed by atoms with Crippen LogP contribution in [0.4, 0.5) is 0 Å². The van der Waals surface area contributed by atoms with Crippen LogP contribution < -0.4 is 5.73 Å². The molecule has 0 bridgehead atoms. The predicted octanol–water partition coefficient (Wildman–Crippen LogP) is 4.17. The highest BCUT2D eigenvalue weighted by molar-refractivity contribution is 5.73. The standard InChI is InChI=1S/C15H29NO/c16-15(17)13-7-5-3-1-2-4-6-10-14-11-8-9-12-14/h14H,1-13H2,(H2,16,17). The van der Waals surface area contributed by atoms with Crippen molar-refractivity contribution in [2.75, 3.05) is 0 Å². The van der Waals surface area contributed by atoms with Crippen molar-refractivity contribution in [3.05, 3.63) is 0 Å². The molecule has 0 saturated heterocycles. The van der Waals surface area contributed by atoms with Crippen LogP contribution in [-0.2, 0) is 4.79 Å². The highest BCUT2D eigenvalue weighted by atomic mass is 16.1. The van der Waals surface area contributed by atoms with Gasteiger partial charge in [0.25, 0.3) is 0 Å². The number of nitrogens with two attached hydrogens (primary N) is 1. The first-order valence-electron chi connectivity index (χ1n) is 7.57. The second-order valence-electron chi connectivity index (χ2n) is 5.63. The third-order valence-corrected chi connectivity index (χ3v) is 4.01. The maximum absolute atomic E-state index is 10.5. The molecule has 0 spiro atoms. The van der Waals surface area contributed by atoms with Crippen LogP contribution in [0.25, 0.3) is 0 Å². The second-order valence-corrected chi connectivity index (χ2v) is 5.63. The molecule has 1 aliphatic rings. The fraction of sp³-hybridized carbons (Fsp3) is 0.933. The predicted molar refractivity (Wildman–Crippen MR) is 72.7 cm³/mol. The number of carbonyl (C=O) groups is 1. The summed E-state index contributed by atoms with van der Waals surface area (Å²) in [7, 11) is 0. The van der Waals surface area contributed by atoms with E-state index in [2.05, 4.69) is 0 Å². The first-order chi connectivity index (χ1) is 8.29. The molecule has 17 heavy (non-hydrogen) atoms. The summed E-state index contributed by atoms with van der Waals surface area (Å²) < 4.78 is 0. The lowest BCUT2D eigenvalue weighted by atomic mass is 9.99. The zero-order valence-electron chi connectivity index (χ0n) is 11.3. The summed E-state index contributed by atoms with van der Waals surface area (Å²) in [6, 6.07) is 0. The van der Waals surface area contributed by atoms with Crippen LogP contribution in [-0.4, -0.2) is 5.91 Å². The summed E-state index contributed by atoms with van der Waals surface area (Å²) in [5, 5.41) is 0. The zero-order chi connectivity index (χ0) is 12.3. The maximum atomic E-state index is 10.5. The molecule has 2 nitrogen and oxygen atoms in total. The molecule has 0 aromatic heterocycles. The molecule has 0 heterocycles. The minimum absolute atomic E-state index is 0.151. The largest absolute Gasteiger partial charge is 0.370 e. The average molecular weight is 239 g/mol. The molecule has 0 aliphatic heterocycles. The number of rotatable bonds is 10. The summed E-state index contributed by atoms with van der Waals surface area (Å²) in [6.45, 7) is 0. The molecule has 0 unspecified atom stereocenters. The van der Waals surface area contributed by atoms with E-state index < -0.39 is 0 Å². The van der Waals surface area contributed by atoms with E-state index in [-0.39, 0.29) is 5.91 Å². The van der Waals surface area contributed by atoms with E-state index in [4.69, 9.17) is 5.73 Å². The molecule has 1 fully saturated rings. The van der Waals surface area contributed by atoms with Gasteiger partial charge in [-0.25, -0.2) is 0 Å². The number of primary amides is 1. The second kappa shape index (κ2) is 9.49. The van der Waals surface area contributed by atoms with E-state index in [1.165, 1.54) is 70.6 Å². The van der Waals surface area contributed by atoms with Crippen molar-refractivity contribution in [2.45, 2.75) is 83.5 Å². The Morgan fingerprint density at radius 3 is 2.00 bits per heavy atom. The lowest BCUT2D eigenvalue weighted by Crippen LogP contribution is -2.09. The van der Waals surface area contributed by atoms with Gasteiger partial charge in [0.15, 0.2) is 0 Å². The highest BCUT2D eigenvalue weighted by Gasteiger charge is 2.13. The molecular weight excluding hydrogens is 210 g/mol. The first kappa shape index (κ1) is 14.5. The summed E-state index contributed by atoms with van der Waals surface area (Å²) in [5.74, 6) is 0.909. The van der Waals surface area contributed by atoms with Gasteiger partial charge in [-0.1, -0.05) is 70.6 Å². The van der Waals surface area contributed by atoms with Gasteiger partial charge in [-0.3, -0.25) is 4.79 Å². The van der Waals surface area contributed by atoms with E-state index in [9.17, 15) is 4.79 Å². The van der Waals surface area contributed by atoms with Gasteiger partial charge < -0.3 is 5.73 Å². The molecule has 100 valence electrons. The van der Waals surface area contributed by atoms with Crippen LogP contribution in [0, 0.1) is 5.92 Å². The molecule has 0 aromatic carbocycles. The highest BCUT2D eigenvalue weighted by Crippen LogP contribution is 2.29. The third kappa shape index (κ3) is 8.23. The van der Waals surface area contributed by atoms with Crippen molar-refractivity contribution in [3.8, 4) is 0 Å². The van der Waals surface area contributed by atoms with Crippen LogP contribution in [0.15, 0.2) is 0 Å². The average Bonchev–Trinajstić information content (AvgIpc) is 2.79. The van der Waals surface area contributed by atoms with Crippen LogP contribution in [0.2, 0.25) is 0 Å². The van der Waals surface area contributed by atoms with Crippen LogP contribution in [0.5, 0.6) is 0 Å². The van der Waals surface area contributed by atoms with E-state index in [1.807, 2.05) is 0 Å². The number of unbranched alkanes of at least 4 members (excludes halogenated alkanes) is 6. The van der Waals surface area contributed by atoms with Crippen LogP contribution >= 0.6 is 0 Å². The Morgan fingerprint density at radius 1 is 0.882 bits per heavy atom. The number of hydrogen-bond donors (Lipinski definition) is 1. The number of amides is 1. The topological polar surface area (TPSA) is 43.1 Å². The molecule has 1 saturated carbocycles. The van der Waals surface area contributed by atoms with Crippen LogP contribution in [0.3, 0.4) is 0 Å². The van der Waals surface area contributed by atoms with E-state index >= 15 is 0 Å². The minimum atomic E-state index is -0.151. The normalized spacial score (nSPS) is 16.5. The fourth-order valence-electron chi connectivity index (χ4n) is 2.92. The molecule has 1 aliphatic carbocycles. The molecule has 1 amide bonds. The molecule has 0 atom stereocenters. The Kier molecular flexibility index (Phi) is 8.12. The van der Waals surface area contributed by atoms with Crippen LogP contribution in [0.1, 0.15) is 83.5 Å². The van der Waals surface area contributed by atoms with E-state index in [0.717, 1.165) is 12.3 Å². The molecule has 2 heteroatoms. The summed E-state index contributed by atoms with van der Waals surface area (Å²) >= 11 is 0. The van der Waals surface area contributed by atoms with E-state index in [1.54, 1.807) is 0 Å². The quantitative estimate of drug-likeness (QED) is 0.571. The van der Waals surface area contributed by atoms with Gasteiger partial charge in [0.05, 0.1) is 0 Å². The van der Waals surface area contributed by atoms with Crippen molar-refractivity contribution in [3.63, 3.8) is 0 Å². The molecule has 0 aromatic rings. The Balaban J connectivity index is 1.73. The molecular formula is C15H29NO. The molecule has 1 rings (SSSR count). The Bertz CT molecular complexity index is 197. The van der Waals surface area contributed by atoms with Crippen molar-refractivity contribution < 1.29 is 4.79 Å². The monoisotopic (exact) mass is 239 g/mol. The van der Waals surface area contributed by atoms with Crippen molar-refractivity contribution in [1.82, 2.24) is 0 Å². The minimum Gasteiger partial charge on any atom is -0.370 e. The van der Waals surface area contributed by atoms with E-state index in [0.29, 0.717) is 6.42 Å². The Hall–Kier alpha value is -0.530. The number of hydrogen-bond acceptors (Lipinski definition) is 1. The summed E-state index contributed by atoms with van der Waals surface area (Å²) in [6.07, 6.45) is 17.0. The van der Waals surface area contributed by atoms with Gasteiger partial charge in [-0.2, -0.15) is 0 Å². The van der Waals surface area contributed by atoms with Gasteiger partial charge in [0.1, 0.15) is 0 Å². The zero-order valence-corrected chi connectivity index (χ0v) is 11.3. The molecule has 0 radical (unpaired) electrons. The Labute approximate surface area is 106 Å². The maximum Gasteiger partial charge on any atom is 0.217 e. The van der Waals surface area contributed by atoms with Crippen molar-refractivity contribution in [2.24, 2.45) is 11.7 Å². The SMILES string of the molecule is NC(=O)CCCCCCCCCC1CCCC1. The Morgan fingerprint density at radius 2 is 1.41 bits per heavy atom. The lowest BCUT2D eigenvalue weighted by Gasteiger charge is -2.07. The fourth-order valence-corrected chi connectivity index (χ4v) is 2.92. The summed E-state index contributed by atoms with van der Waals surface area (Å²) in [5.41, 5.74) is 5.09. The van der Waals surface area contributed by atoms with Gasteiger partial charge in [-0.15, -0.1) is 0 Å². The smallest absolute Gasteiger partial charge is 0.217 e. The first-order valence-corrected chi connectivity index (χ1v) is 7.57. The summed E-state index contributed by atoms with van der Waals surface area (Å²) in [4.78, 5) is 10.5. The van der Waals surface area contributed by atoms with Crippen molar-refractivity contribution in [1.29, 1.82) is 0 Å². The van der Waals surface area contributed by atoms with Gasteiger partial charge in [0.2, 0.25) is 5.91 Å². The van der Waals surface area contributed by atoms with Gasteiger partial charge >= 0.3 is 0 Å². The lowest BCUT2D eigenvalue weighted by molar-refractivity contribution is -0.118. The molecule has 2 N–H and O–H groups in total. The number of carbonyl (C=O) groups excluding carboxylic acids is 1. The van der Waals surface area contributed by atoms with Crippen molar-refractivity contribution >= 4 is 5.91 Å².